The van der Waals surface area contributed by atoms with Crippen LogP contribution >= 0.6 is 23.4 Å². The second-order valence-electron chi connectivity index (χ2n) is 6.98. The summed E-state index contributed by atoms with van der Waals surface area (Å²) < 4.78 is 5.51. The Morgan fingerprint density at radius 3 is 2.50 bits per heavy atom. The Morgan fingerprint density at radius 1 is 1.14 bits per heavy atom. The molecule has 2 aromatic rings. The number of hydrogen-bond donors (Lipinski definition) is 1. The molecular formula is C22H27ClN2O2S. The van der Waals surface area contributed by atoms with Gasteiger partial charge in [-0.2, -0.15) is 0 Å². The zero-order chi connectivity index (χ0) is 19.8. The Bertz CT molecular complexity index is 736. The van der Waals surface area contributed by atoms with Crippen LogP contribution in [0.4, 0.5) is 0 Å². The van der Waals surface area contributed by atoms with Crippen molar-refractivity contribution in [2.24, 2.45) is 0 Å². The van der Waals surface area contributed by atoms with Crippen LogP contribution in [0, 0.1) is 0 Å². The Labute approximate surface area is 176 Å². The molecule has 1 fully saturated rings. The Balaban J connectivity index is 1.55. The van der Waals surface area contributed by atoms with Crippen LogP contribution < -0.4 is 5.32 Å². The normalized spacial score (nSPS) is 17.1. The average Bonchev–Trinajstić information content (AvgIpc) is 2.71. The maximum Gasteiger partial charge on any atom is 0.230 e. The van der Waals surface area contributed by atoms with Crippen LogP contribution in [0.2, 0.25) is 5.02 Å². The molecule has 2 atom stereocenters. The third-order valence-electron chi connectivity index (χ3n) is 4.86. The highest BCUT2D eigenvalue weighted by atomic mass is 35.5. The molecule has 3 rings (SSSR count). The first-order chi connectivity index (χ1) is 13.6. The van der Waals surface area contributed by atoms with Crippen molar-refractivity contribution in [1.29, 1.82) is 0 Å². The van der Waals surface area contributed by atoms with Crippen molar-refractivity contribution in [3.8, 4) is 0 Å². The van der Waals surface area contributed by atoms with E-state index in [-0.39, 0.29) is 18.0 Å². The number of carbonyl (C=O) groups is 1. The summed E-state index contributed by atoms with van der Waals surface area (Å²) in [5, 5.41) is 3.94. The van der Waals surface area contributed by atoms with Crippen LogP contribution in [0.1, 0.15) is 24.1 Å². The molecule has 0 radical (unpaired) electrons. The number of carbonyl (C=O) groups excluding carboxylic acids is 1. The molecule has 2 aromatic carbocycles. The fourth-order valence-corrected chi connectivity index (χ4v) is 4.46. The third kappa shape index (κ3) is 6.24. The molecule has 150 valence electrons. The van der Waals surface area contributed by atoms with E-state index in [1.807, 2.05) is 30.3 Å². The summed E-state index contributed by atoms with van der Waals surface area (Å²) >= 11 is 7.53. The van der Waals surface area contributed by atoms with Gasteiger partial charge in [0.05, 0.1) is 25.0 Å². The average molecular weight is 419 g/mol. The van der Waals surface area contributed by atoms with E-state index in [1.54, 1.807) is 11.8 Å². The van der Waals surface area contributed by atoms with Crippen LogP contribution in [0.25, 0.3) is 0 Å². The summed E-state index contributed by atoms with van der Waals surface area (Å²) in [6.07, 6.45) is 0. The molecule has 1 N–H and O–H groups in total. The van der Waals surface area contributed by atoms with Crippen LogP contribution in [-0.2, 0) is 15.3 Å². The lowest BCUT2D eigenvalue weighted by atomic mass is 9.98. The lowest BCUT2D eigenvalue weighted by Gasteiger charge is -2.38. The number of benzene rings is 2. The monoisotopic (exact) mass is 418 g/mol. The Hall–Kier alpha value is -1.53. The highest BCUT2D eigenvalue weighted by molar-refractivity contribution is 7.99. The first-order valence-electron chi connectivity index (χ1n) is 9.62. The number of nitrogens with one attached hydrogen (secondary N) is 1. The summed E-state index contributed by atoms with van der Waals surface area (Å²) in [5.41, 5.74) is 2.40. The van der Waals surface area contributed by atoms with Gasteiger partial charge in [-0.1, -0.05) is 54.1 Å². The second-order valence-corrected chi connectivity index (χ2v) is 8.40. The van der Waals surface area contributed by atoms with Gasteiger partial charge in [0.1, 0.15) is 0 Å². The van der Waals surface area contributed by atoms with E-state index < -0.39 is 0 Å². The SMILES string of the molecule is C[C@H](NC(=O)CSCc1ccc(Cl)cc1)[C@@H](c1ccccc1)N1CCOCC1. The molecule has 0 bridgehead atoms. The topological polar surface area (TPSA) is 41.6 Å². The number of thioether (sulfide) groups is 1. The zero-order valence-corrected chi connectivity index (χ0v) is 17.7. The predicted molar refractivity (Wildman–Crippen MR) is 117 cm³/mol. The van der Waals surface area contributed by atoms with Crippen molar-refractivity contribution in [2.75, 3.05) is 32.1 Å². The van der Waals surface area contributed by atoms with Gasteiger partial charge in [0.2, 0.25) is 5.91 Å². The lowest BCUT2D eigenvalue weighted by molar-refractivity contribution is -0.119. The molecule has 6 heteroatoms. The quantitative estimate of drug-likeness (QED) is 0.699. The first kappa shape index (κ1) is 21.2. The number of nitrogens with zero attached hydrogens (tertiary/aromatic N) is 1. The molecule has 0 spiro atoms. The fraction of sp³-hybridized carbons (Fsp3) is 0.409. The van der Waals surface area contributed by atoms with Crippen LogP contribution in [0.3, 0.4) is 0 Å². The van der Waals surface area contributed by atoms with E-state index in [1.165, 1.54) is 11.1 Å². The van der Waals surface area contributed by atoms with Gasteiger partial charge in [0.15, 0.2) is 0 Å². The highest BCUT2D eigenvalue weighted by Crippen LogP contribution is 2.25. The molecule has 1 amide bonds. The van der Waals surface area contributed by atoms with E-state index in [0.717, 1.165) is 37.1 Å². The van der Waals surface area contributed by atoms with Gasteiger partial charge < -0.3 is 10.1 Å². The molecule has 0 saturated carbocycles. The van der Waals surface area contributed by atoms with Crippen molar-refractivity contribution in [2.45, 2.75) is 24.8 Å². The molecular weight excluding hydrogens is 392 g/mol. The summed E-state index contributed by atoms with van der Waals surface area (Å²) in [6.45, 7) is 5.33. The number of amides is 1. The molecule has 1 saturated heterocycles. The van der Waals surface area contributed by atoms with Gasteiger partial charge in [-0.15, -0.1) is 11.8 Å². The molecule has 0 aliphatic carbocycles. The minimum Gasteiger partial charge on any atom is -0.379 e. The molecule has 1 aliphatic heterocycles. The Kier molecular flexibility index (Phi) is 8.22. The Morgan fingerprint density at radius 2 is 1.82 bits per heavy atom. The zero-order valence-electron chi connectivity index (χ0n) is 16.1. The molecule has 28 heavy (non-hydrogen) atoms. The van der Waals surface area contributed by atoms with E-state index in [4.69, 9.17) is 16.3 Å². The largest absolute Gasteiger partial charge is 0.379 e. The number of halogens is 1. The van der Waals surface area contributed by atoms with Crippen molar-refractivity contribution in [1.82, 2.24) is 10.2 Å². The maximum absolute atomic E-state index is 12.5. The van der Waals surface area contributed by atoms with Gasteiger partial charge in [0, 0.05) is 29.9 Å². The molecule has 0 aromatic heterocycles. The molecule has 4 nitrogen and oxygen atoms in total. The standard InChI is InChI=1S/C22H27ClN2O2S/c1-17(24-21(26)16-28-15-18-7-9-20(23)10-8-18)22(19-5-3-2-4-6-19)25-11-13-27-14-12-25/h2-10,17,22H,11-16H2,1H3,(H,24,26)/t17-,22-/m0/s1. The van der Waals surface area contributed by atoms with Crippen molar-refractivity contribution in [3.05, 3.63) is 70.7 Å². The number of rotatable bonds is 8. The van der Waals surface area contributed by atoms with Gasteiger partial charge in [-0.25, -0.2) is 0 Å². The van der Waals surface area contributed by atoms with E-state index in [9.17, 15) is 4.79 Å². The van der Waals surface area contributed by atoms with Gasteiger partial charge >= 0.3 is 0 Å². The van der Waals surface area contributed by atoms with Gasteiger partial charge in [-0.3, -0.25) is 9.69 Å². The van der Waals surface area contributed by atoms with Crippen LogP contribution in [0.15, 0.2) is 54.6 Å². The van der Waals surface area contributed by atoms with Gasteiger partial charge in [0.25, 0.3) is 0 Å². The van der Waals surface area contributed by atoms with Crippen LogP contribution in [0.5, 0.6) is 0 Å². The van der Waals surface area contributed by atoms with Crippen molar-refractivity contribution in [3.63, 3.8) is 0 Å². The van der Waals surface area contributed by atoms with E-state index in [2.05, 4.69) is 41.4 Å². The molecule has 0 unspecified atom stereocenters. The van der Waals surface area contributed by atoms with Crippen LogP contribution in [-0.4, -0.2) is 48.9 Å². The fourth-order valence-electron chi connectivity index (χ4n) is 3.54. The number of morpholine rings is 1. The lowest BCUT2D eigenvalue weighted by Crippen LogP contribution is -2.48. The number of ether oxygens (including phenoxy) is 1. The van der Waals surface area contributed by atoms with E-state index >= 15 is 0 Å². The molecule has 1 aliphatic rings. The summed E-state index contributed by atoms with van der Waals surface area (Å²) in [7, 11) is 0. The minimum atomic E-state index is 0.0177. The van der Waals surface area contributed by atoms with Crippen molar-refractivity contribution < 1.29 is 9.53 Å². The third-order valence-corrected chi connectivity index (χ3v) is 6.11. The first-order valence-corrected chi connectivity index (χ1v) is 11.1. The minimum absolute atomic E-state index is 0.0177. The summed E-state index contributed by atoms with van der Waals surface area (Å²) in [4.78, 5) is 14.9. The second kappa shape index (κ2) is 10.9. The number of hydrogen-bond acceptors (Lipinski definition) is 4. The highest BCUT2D eigenvalue weighted by Gasteiger charge is 2.28. The predicted octanol–water partition coefficient (Wildman–Crippen LogP) is 4.15. The van der Waals surface area contributed by atoms with Gasteiger partial charge in [-0.05, 0) is 30.2 Å². The van der Waals surface area contributed by atoms with Crippen molar-refractivity contribution >= 4 is 29.3 Å². The van der Waals surface area contributed by atoms with E-state index in [0.29, 0.717) is 5.75 Å². The summed E-state index contributed by atoms with van der Waals surface area (Å²) in [5.74, 6) is 1.31. The smallest absolute Gasteiger partial charge is 0.230 e. The molecule has 1 heterocycles. The maximum atomic E-state index is 12.5. The summed E-state index contributed by atoms with van der Waals surface area (Å²) in [6, 6.07) is 18.3.